The normalized spacial score (nSPS) is 12.3. The van der Waals surface area contributed by atoms with Crippen LogP contribution < -0.4 is 5.32 Å². The smallest absolute Gasteiger partial charge is 0.0541 e. The third-order valence-electron chi connectivity index (χ3n) is 14.1. The molecule has 2 nitrogen and oxygen atoms in total. The maximum Gasteiger partial charge on any atom is 0.0541 e. The van der Waals surface area contributed by atoms with E-state index in [1.165, 1.54) is 105 Å². The quantitative estimate of drug-likeness (QED) is 0.169. The standard InChI is InChI=1S/C34H23N.C33H27N/c1-2-11-28(12-3-1)35-33-16-7-6-14-31(33)32-23-27(21-22-34(32)35)24-17-19-26(20-18-24)30-15-8-10-25-9-4-5-13-29(25)30;1-33(2)31-21-26(24-11-7-4-8-12-24)15-19-29(31)30-20-18-28(22-32(30)33)34-27-16-13-25(14-17-27)23-9-5-3-6-10-23/h1-23H;3-22,34H,1-2H3. The molecule has 1 N–H and O–H groups in total. The van der Waals surface area contributed by atoms with Crippen LogP contribution in [0.4, 0.5) is 11.4 Å². The summed E-state index contributed by atoms with van der Waals surface area (Å²) in [6.45, 7) is 4.68. The third-order valence-corrected chi connectivity index (χ3v) is 14.1. The first-order valence-electron chi connectivity index (χ1n) is 23.9. The van der Waals surface area contributed by atoms with Crippen LogP contribution in [0.1, 0.15) is 25.0 Å². The zero-order chi connectivity index (χ0) is 46.3. The van der Waals surface area contributed by atoms with Crippen LogP contribution in [-0.2, 0) is 5.41 Å². The minimum Gasteiger partial charge on any atom is -0.356 e. The van der Waals surface area contributed by atoms with Gasteiger partial charge in [0, 0.05) is 33.2 Å². The summed E-state index contributed by atoms with van der Waals surface area (Å²) < 4.78 is 2.36. The van der Waals surface area contributed by atoms with E-state index in [9.17, 15) is 0 Å². The van der Waals surface area contributed by atoms with Gasteiger partial charge in [0.25, 0.3) is 0 Å². The Morgan fingerprint density at radius 3 is 1.52 bits per heavy atom. The van der Waals surface area contributed by atoms with Gasteiger partial charge in [0.1, 0.15) is 0 Å². The van der Waals surface area contributed by atoms with E-state index in [4.69, 9.17) is 0 Å². The second kappa shape index (κ2) is 17.5. The van der Waals surface area contributed by atoms with Gasteiger partial charge in [-0.3, -0.25) is 0 Å². The Kier molecular flexibility index (Phi) is 10.6. The Labute approximate surface area is 404 Å². The van der Waals surface area contributed by atoms with E-state index in [1.54, 1.807) is 0 Å². The van der Waals surface area contributed by atoms with Crippen molar-refractivity contribution in [1.29, 1.82) is 0 Å². The number of hydrogen-bond donors (Lipinski definition) is 1. The van der Waals surface area contributed by atoms with E-state index in [0.29, 0.717) is 0 Å². The summed E-state index contributed by atoms with van der Waals surface area (Å²) in [6, 6.07) is 93.7. The van der Waals surface area contributed by atoms with Crippen molar-refractivity contribution in [3.63, 3.8) is 0 Å². The molecule has 1 aliphatic carbocycles. The van der Waals surface area contributed by atoms with Crippen LogP contribution in [0.5, 0.6) is 0 Å². The Morgan fingerprint density at radius 1 is 0.304 bits per heavy atom. The molecule has 13 rings (SSSR count). The molecule has 0 bridgehead atoms. The van der Waals surface area contributed by atoms with Crippen molar-refractivity contribution in [1.82, 2.24) is 4.57 Å². The number of aromatic nitrogens is 1. The molecule has 0 fully saturated rings. The van der Waals surface area contributed by atoms with Crippen LogP contribution in [0.3, 0.4) is 0 Å². The summed E-state index contributed by atoms with van der Waals surface area (Å²) in [5.41, 5.74) is 21.3. The maximum absolute atomic E-state index is 3.61. The van der Waals surface area contributed by atoms with Gasteiger partial charge in [-0.15, -0.1) is 0 Å². The predicted molar refractivity (Wildman–Crippen MR) is 294 cm³/mol. The van der Waals surface area contributed by atoms with Gasteiger partial charge in [-0.1, -0.05) is 214 Å². The topological polar surface area (TPSA) is 17.0 Å². The van der Waals surface area contributed by atoms with E-state index in [2.05, 4.69) is 285 Å². The number of nitrogens with one attached hydrogen (secondary N) is 1. The summed E-state index contributed by atoms with van der Waals surface area (Å²) in [5.74, 6) is 0. The number of anilines is 2. The van der Waals surface area contributed by atoms with Gasteiger partial charge in [0.15, 0.2) is 0 Å². The van der Waals surface area contributed by atoms with Gasteiger partial charge in [0.05, 0.1) is 11.0 Å². The summed E-state index contributed by atoms with van der Waals surface area (Å²) in [6.07, 6.45) is 0. The molecule has 0 atom stereocenters. The number of benzene rings is 11. The van der Waals surface area contributed by atoms with Crippen molar-refractivity contribution >= 4 is 44.0 Å². The highest BCUT2D eigenvalue weighted by Gasteiger charge is 2.36. The van der Waals surface area contributed by atoms with Gasteiger partial charge in [-0.05, 0) is 138 Å². The monoisotopic (exact) mass is 882 g/mol. The predicted octanol–water partition coefficient (Wildman–Crippen LogP) is 18.3. The molecule has 2 heteroatoms. The molecule has 0 saturated heterocycles. The minimum atomic E-state index is -0.0513. The lowest BCUT2D eigenvalue weighted by atomic mass is 9.81. The molecule has 0 amide bonds. The van der Waals surface area contributed by atoms with Crippen molar-refractivity contribution in [2.45, 2.75) is 19.3 Å². The molecular formula is C67H50N2. The van der Waals surface area contributed by atoms with Crippen molar-refractivity contribution in [2.24, 2.45) is 0 Å². The van der Waals surface area contributed by atoms with E-state index in [1.807, 2.05) is 0 Å². The summed E-state index contributed by atoms with van der Waals surface area (Å²) in [4.78, 5) is 0. The van der Waals surface area contributed by atoms with Crippen LogP contribution in [0.25, 0.3) is 93.9 Å². The molecule has 11 aromatic carbocycles. The van der Waals surface area contributed by atoms with Crippen LogP contribution in [0.2, 0.25) is 0 Å². The molecule has 0 saturated carbocycles. The largest absolute Gasteiger partial charge is 0.356 e. The second-order valence-electron chi connectivity index (χ2n) is 18.6. The Balaban J connectivity index is 0.000000143. The first-order valence-corrected chi connectivity index (χ1v) is 23.9. The van der Waals surface area contributed by atoms with Crippen LogP contribution in [0, 0.1) is 0 Å². The third kappa shape index (κ3) is 7.76. The Hall–Kier alpha value is -8.72. The zero-order valence-electron chi connectivity index (χ0n) is 38.8. The molecule has 69 heavy (non-hydrogen) atoms. The molecule has 0 radical (unpaired) electrons. The fraction of sp³-hybridized carbons (Fsp3) is 0.0448. The van der Waals surface area contributed by atoms with Crippen LogP contribution in [-0.4, -0.2) is 4.57 Å². The molecular weight excluding hydrogens is 833 g/mol. The average molecular weight is 883 g/mol. The highest BCUT2D eigenvalue weighted by atomic mass is 15.0. The van der Waals surface area contributed by atoms with Crippen LogP contribution >= 0.6 is 0 Å². The van der Waals surface area contributed by atoms with Crippen molar-refractivity contribution in [2.75, 3.05) is 5.32 Å². The van der Waals surface area contributed by atoms with Crippen LogP contribution in [0.15, 0.2) is 261 Å². The highest BCUT2D eigenvalue weighted by Crippen LogP contribution is 2.50. The minimum absolute atomic E-state index is 0.0513. The number of fused-ring (bicyclic) bond motifs is 7. The maximum atomic E-state index is 3.61. The molecule has 0 unspecified atom stereocenters. The van der Waals surface area contributed by atoms with Gasteiger partial charge >= 0.3 is 0 Å². The van der Waals surface area contributed by atoms with E-state index in [0.717, 1.165) is 11.4 Å². The van der Waals surface area contributed by atoms with E-state index >= 15 is 0 Å². The lowest BCUT2D eigenvalue weighted by Gasteiger charge is -2.23. The average Bonchev–Trinajstić information content (AvgIpc) is 3.86. The summed E-state index contributed by atoms with van der Waals surface area (Å²) >= 11 is 0. The van der Waals surface area contributed by atoms with Crippen molar-refractivity contribution in [3.05, 3.63) is 272 Å². The first-order chi connectivity index (χ1) is 34.0. The molecule has 1 aromatic heterocycles. The summed E-state index contributed by atoms with van der Waals surface area (Å²) in [7, 11) is 0. The Bertz CT molecular complexity index is 3790. The number of rotatable bonds is 7. The van der Waals surface area contributed by atoms with Crippen molar-refractivity contribution < 1.29 is 0 Å². The molecule has 0 aliphatic heterocycles. The molecule has 0 spiro atoms. The SMILES string of the molecule is CC1(C)c2cc(Nc3ccc(-c4ccccc4)cc3)ccc2-c2ccc(-c3ccccc3)cc21.c1ccc(-n2c3ccccc3c3cc(-c4ccc(-c5cccc6ccccc56)cc4)ccc32)cc1. The summed E-state index contributed by atoms with van der Waals surface area (Å²) in [5, 5.41) is 8.73. The fourth-order valence-corrected chi connectivity index (χ4v) is 10.5. The van der Waals surface area contributed by atoms with Gasteiger partial charge in [-0.25, -0.2) is 0 Å². The van der Waals surface area contributed by atoms with Crippen molar-refractivity contribution in [3.8, 4) is 61.3 Å². The van der Waals surface area contributed by atoms with Gasteiger partial charge in [-0.2, -0.15) is 0 Å². The Morgan fingerprint density at radius 2 is 0.783 bits per heavy atom. The zero-order valence-corrected chi connectivity index (χ0v) is 38.8. The lowest BCUT2D eigenvalue weighted by molar-refractivity contribution is 0.661. The second-order valence-corrected chi connectivity index (χ2v) is 18.6. The lowest BCUT2D eigenvalue weighted by Crippen LogP contribution is -2.15. The highest BCUT2D eigenvalue weighted by molar-refractivity contribution is 6.10. The van der Waals surface area contributed by atoms with Gasteiger partial charge < -0.3 is 9.88 Å². The molecule has 1 aliphatic rings. The van der Waals surface area contributed by atoms with E-state index < -0.39 is 0 Å². The van der Waals surface area contributed by atoms with E-state index in [-0.39, 0.29) is 5.41 Å². The molecule has 1 heterocycles. The molecule has 328 valence electrons. The number of para-hydroxylation sites is 2. The molecule has 12 aromatic rings. The number of hydrogen-bond acceptors (Lipinski definition) is 1. The number of nitrogens with zero attached hydrogens (tertiary/aromatic N) is 1. The first kappa shape index (κ1) is 41.7. The van der Waals surface area contributed by atoms with Gasteiger partial charge in [0.2, 0.25) is 0 Å². The fourth-order valence-electron chi connectivity index (χ4n) is 10.5.